The molecule has 0 aliphatic carbocycles. The molecule has 0 saturated heterocycles. The lowest BCUT2D eigenvalue weighted by molar-refractivity contribution is 0.435. The highest BCUT2D eigenvalue weighted by molar-refractivity contribution is 5.60. The van der Waals surface area contributed by atoms with Crippen molar-refractivity contribution in [3.8, 4) is 17.1 Å². The van der Waals surface area contributed by atoms with Crippen LogP contribution in [-0.4, -0.2) is 14.9 Å². The van der Waals surface area contributed by atoms with Gasteiger partial charge in [-0.15, -0.1) is 5.10 Å². The minimum atomic E-state index is 0.0926. The first-order valence-electron chi connectivity index (χ1n) is 5.63. The Hall–Kier alpha value is -1.77. The molecule has 1 aromatic carbocycles. The quantitative estimate of drug-likeness (QED) is 0.853. The number of nitrogens with zero attached hydrogens (tertiary/aromatic N) is 2. The number of aromatic nitrogens is 2. The SMILES string of the molecule is CCCCn1nc(O)cc1-c1ccccc1. The summed E-state index contributed by atoms with van der Waals surface area (Å²) in [7, 11) is 0. The molecule has 0 bridgehead atoms. The van der Waals surface area contributed by atoms with Gasteiger partial charge in [0.05, 0.1) is 5.69 Å². The van der Waals surface area contributed by atoms with E-state index in [2.05, 4.69) is 12.0 Å². The van der Waals surface area contributed by atoms with Crippen LogP contribution in [-0.2, 0) is 6.54 Å². The Morgan fingerprint density at radius 1 is 1.25 bits per heavy atom. The summed E-state index contributed by atoms with van der Waals surface area (Å²) in [4.78, 5) is 0. The average Bonchev–Trinajstić information content (AvgIpc) is 2.69. The largest absolute Gasteiger partial charge is 0.492 e. The second-order valence-electron chi connectivity index (χ2n) is 3.83. The van der Waals surface area contributed by atoms with Gasteiger partial charge >= 0.3 is 0 Å². The summed E-state index contributed by atoms with van der Waals surface area (Å²) >= 11 is 0. The van der Waals surface area contributed by atoms with Gasteiger partial charge in [-0.1, -0.05) is 43.7 Å². The standard InChI is InChI=1S/C13H16N2O/c1-2-3-9-15-12(10-13(16)14-15)11-7-5-4-6-8-11/h4-8,10H,2-3,9H2,1H3,(H,14,16). The van der Waals surface area contributed by atoms with Crippen LogP contribution in [0.2, 0.25) is 0 Å². The molecule has 0 aliphatic rings. The van der Waals surface area contributed by atoms with E-state index in [4.69, 9.17) is 0 Å². The van der Waals surface area contributed by atoms with Crippen LogP contribution < -0.4 is 0 Å². The van der Waals surface area contributed by atoms with E-state index in [0.29, 0.717) is 0 Å². The van der Waals surface area contributed by atoms with Gasteiger partial charge in [0.2, 0.25) is 5.88 Å². The van der Waals surface area contributed by atoms with Crippen molar-refractivity contribution in [3.05, 3.63) is 36.4 Å². The molecule has 0 unspecified atom stereocenters. The van der Waals surface area contributed by atoms with Gasteiger partial charge in [-0.3, -0.25) is 4.68 Å². The second-order valence-corrected chi connectivity index (χ2v) is 3.83. The lowest BCUT2D eigenvalue weighted by Gasteiger charge is -2.05. The smallest absolute Gasteiger partial charge is 0.230 e. The Labute approximate surface area is 95.3 Å². The Morgan fingerprint density at radius 3 is 2.69 bits per heavy atom. The fourth-order valence-electron chi connectivity index (χ4n) is 1.72. The van der Waals surface area contributed by atoms with E-state index in [0.717, 1.165) is 30.6 Å². The topological polar surface area (TPSA) is 38.0 Å². The van der Waals surface area contributed by atoms with E-state index < -0.39 is 0 Å². The Morgan fingerprint density at radius 2 is 2.00 bits per heavy atom. The third-order valence-corrected chi connectivity index (χ3v) is 2.56. The van der Waals surface area contributed by atoms with Crippen LogP contribution in [0.4, 0.5) is 0 Å². The molecule has 16 heavy (non-hydrogen) atoms. The van der Waals surface area contributed by atoms with Crippen molar-refractivity contribution < 1.29 is 5.11 Å². The lowest BCUT2D eigenvalue weighted by Crippen LogP contribution is -2.01. The predicted molar refractivity (Wildman–Crippen MR) is 64.2 cm³/mol. The van der Waals surface area contributed by atoms with E-state index in [1.165, 1.54) is 0 Å². The number of unbranched alkanes of at least 4 members (excludes halogenated alkanes) is 1. The Bertz CT molecular complexity index is 448. The number of benzene rings is 1. The van der Waals surface area contributed by atoms with Crippen molar-refractivity contribution in [1.29, 1.82) is 0 Å². The van der Waals surface area contributed by atoms with Crippen molar-refractivity contribution in [2.24, 2.45) is 0 Å². The van der Waals surface area contributed by atoms with Crippen LogP contribution in [0.1, 0.15) is 19.8 Å². The fourth-order valence-corrected chi connectivity index (χ4v) is 1.72. The summed E-state index contributed by atoms with van der Waals surface area (Å²) in [6, 6.07) is 11.7. The van der Waals surface area contributed by atoms with E-state index >= 15 is 0 Å². The van der Waals surface area contributed by atoms with Gasteiger partial charge in [-0.25, -0.2) is 0 Å². The molecule has 0 spiro atoms. The van der Waals surface area contributed by atoms with Crippen molar-refractivity contribution in [2.45, 2.75) is 26.3 Å². The van der Waals surface area contributed by atoms with Crippen LogP contribution in [0.15, 0.2) is 36.4 Å². The molecule has 0 saturated carbocycles. The van der Waals surface area contributed by atoms with Gasteiger partial charge < -0.3 is 5.11 Å². The zero-order valence-electron chi connectivity index (χ0n) is 9.43. The summed E-state index contributed by atoms with van der Waals surface area (Å²) in [6.45, 7) is 2.99. The van der Waals surface area contributed by atoms with Crippen molar-refractivity contribution in [3.63, 3.8) is 0 Å². The third-order valence-electron chi connectivity index (χ3n) is 2.56. The highest BCUT2D eigenvalue weighted by atomic mass is 16.3. The minimum Gasteiger partial charge on any atom is -0.492 e. The zero-order chi connectivity index (χ0) is 11.4. The average molecular weight is 216 g/mol. The molecule has 0 aliphatic heterocycles. The number of aryl methyl sites for hydroxylation is 1. The number of hydrogen-bond donors (Lipinski definition) is 1. The molecule has 0 fully saturated rings. The maximum absolute atomic E-state index is 9.46. The maximum atomic E-state index is 9.46. The molecule has 0 amide bonds. The molecule has 1 N–H and O–H groups in total. The third kappa shape index (κ3) is 2.24. The number of rotatable bonds is 4. The van der Waals surface area contributed by atoms with Gasteiger partial charge in [-0.05, 0) is 12.0 Å². The van der Waals surface area contributed by atoms with Crippen LogP contribution in [0.3, 0.4) is 0 Å². The highest BCUT2D eigenvalue weighted by Gasteiger charge is 2.08. The molecule has 84 valence electrons. The van der Waals surface area contributed by atoms with Crippen molar-refractivity contribution >= 4 is 0 Å². The summed E-state index contributed by atoms with van der Waals surface area (Å²) in [6.07, 6.45) is 2.19. The van der Waals surface area contributed by atoms with Crippen LogP contribution in [0.25, 0.3) is 11.3 Å². The van der Waals surface area contributed by atoms with Crippen molar-refractivity contribution in [1.82, 2.24) is 9.78 Å². The lowest BCUT2D eigenvalue weighted by atomic mass is 10.1. The molecule has 3 heteroatoms. The Balaban J connectivity index is 2.33. The number of hydrogen-bond acceptors (Lipinski definition) is 2. The van der Waals surface area contributed by atoms with Gasteiger partial charge in [0, 0.05) is 12.6 Å². The molecule has 2 aromatic rings. The van der Waals surface area contributed by atoms with Crippen molar-refractivity contribution in [2.75, 3.05) is 0 Å². The monoisotopic (exact) mass is 216 g/mol. The summed E-state index contributed by atoms with van der Waals surface area (Å²) < 4.78 is 1.87. The molecule has 3 nitrogen and oxygen atoms in total. The first-order chi connectivity index (χ1) is 7.81. The Kier molecular flexibility index (Phi) is 3.25. The van der Waals surface area contributed by atoms with E-state index in [1.54, 1.807) is 6.07 Å². The fraction of sp³-hybridized carbons (Fsp3) is 0.308. The van der Waals surface area contributed by atoms with Crippen LogP contribution in [0.5, 0.6) is 5.88 Å². The van der Waals surface area contributed by atoms with Gasteiger partial charge in [0.1, 0.15) is 0 Å². The van der Waals surface area contributed by atoms with E-state index in [-0.39, 0.29) is 5.88 Å². The maximum Gasteiger partial charge on any atom is 0.230 e. The van der Waals surface area contributed by atoms with E-state index in [1.807, 2.05) is 35.0 Å². The zero-order valence-corrected chi connectivity index (χ0v) is 9.43. The molecule has 0 radical (unpaired) electrons. The normalized spacial score (nSPS) is 10.6. The molecular weight excluding hydrogens is 200 g/mol. The van der Waals surface area contributed by atoms with Crippen LogP contribution in [0, 0.1) is 0 Å². The predicted octanol–water partition coefficient (Wildman–Crippen LogP) is 3.06. The van der Waals surface area contributed by atoms with Crippen LogP contribution >= 0.6 is 0 Å². The first-order valence-corrected chi connectivity index (χ1v) is 5.63. The molecular formula is C13H16N2O. The summed E-state index contributed by atoms with van der Waals surface area (Å²) in [5, 5.41) is 13.6. The highest BCUT2D eigenvalue weighted by Crippen LogP contribution is 2.23. The van der Waals surface area contributed by atoms with E-state index in [9.17, 15) is 5.11 Å². The molecule has 1 aromatic heterocycles. The van der Waals surface area contributed by atoms with Gasteiger partial charge in [0.15, 0.2) is 0 Å². The van der Waals surface area contributed by atoms with Gasteiger partial charge in [-0.2, -0.15) is 0 Å². The van der Waals surface area contributed by atoms with Gasteiger partial charge in [0.25, 0.3) is 0 Å². The molecule has 2 rings (SSSR count). The summed E-state index contributed by atoms with van der Waals surface area (Å²) in [5.74, 6) is 0.0926. The minimum absolute atomic E-state index is 0.0926. The molecule has 1 heterocycles. The number of aromatic hydroxyl groups is 1. The first kappa shape index (κ1) is 10.7. The molecule has 0 atom stereocenters. The summed E-state index contributed by atoms with van der Waals surface area (Å²) in [5.41, 5.74) is 2.07. The second kappa shape index (κ2) is 4.84.